The number of aromatic nitrogens is 3. The maximum atomic E-state index is 13.1. The third-order valence-corrected chi connectivity index (χ3v) is 3.09. The fourth-order valence-corrected chi connectivity index (χ4v) is 2.13. The maximum absolute atomic E-state index is 13.1. The SMILES string of the molecule is N#CCc1nc(-c2ccc(F)cc2)c(-c2ccncc2)[nH]1. The quantitative estimate of drug-likeness (QED) is 0.799. The van der Waals surface area contributed by atoms with E-state index in [-0.39, 0.29) is 12.2 Å². The maximum Gasteiger partial charge on any atom is 0.123 e. The number of imidazole rings is 1. The minimum absolute atomic E-state index is 0.194. The first-order valence-corrected chi connectivity index (χ1v) is 6.40. The van der Waals surface area contributed by atoms with Gasteiger partial charge in [0.15, 0.2) is 0 Å². The predicted molar refractivity (Wildman–Crippen MR) is 76.5 cm³/mol. The Morgan fingerprint density at radius 3 is 2.43 bits per heavy atom. The molecule has 102 valence electrons. The molecule has 0 unspecified atom stereocenters. The third-order valence-electron chi connectivity index (χ3n) is 3.09. The van der Waals surface area contributed by atoms with Gasteiger partial charge in [0.2, 0.25) is 0 Å². The van der Waals surface area contributed by atoms with Crippen LogP contribution in [0.2, 0.25) is 0 Å². The van der Waals surface area contributed by atoms with Gasteiger partial charge in [-0.05, 0) is 36.4 Å². The summed E-state index contributed by atoms with van der Waals surface area (Å²) in [5, 5.41) is 8.83. The lowest BCUT2D eigenvalue weighted by Crippen LogP contribution is -1.84. The second-order valence-corrected chi connectivity index (χ2v) is 4.48. The Balaban J connectivity index is 2.14. The van der Waals surface area contributed by atoms with Crippen molar-refractivity contribution < 1.29 is 4.39 Å². The van der Waals surface area contributed by atoms with Crippen molar-refractivity contribution in [2.24, 2.45) is 0 Å². The number of benzene rings is 1. The highest BCUT2D eigenvalue weighted by molar-refractivity contribution is 5.78. The molecule has 2 aromatic heterocycles. The summed E-state index contributed by atoms with van der Waals surface area (Å²) in [6.07, 6.45) is 3.57. The van der Waals surface area contributed by atoms with Crippen molar-refractivity contribution >= 4 is 0 Å². The number of nitrogens with zero attached hydrogens (tertiary/aromatic N) is 3. The summed E-state index contributed by atoms with van der Waals surface area (Å²) < 4.78 is 13.1. The van der Waals surface area contributed by atoms with Crippen molar-refractivity contribution in [3.63, 3.8) is 0 Å². The normalized spacial score (nSPS) is 10.3. The summed E-state index contributed by atoms with van der Waals surface area (Å²) in [6.45, 7) is 0. The molecular weight excluding hydrogens is 267 g/mol. The summed E-state index contributed by atoms with van der Waals surface area (Å²) in [4.78, 5) is 11.6. The van der Waals surface area contributed by atoms with E-state index in [0.717, 1.165) is 16.8 Å². The fourth-order valence-electron chi connectivity index (χ4n) is 2.13. The Labute approximate surface area is 120 Å². The van der Waals surface area contributed by atoms with E-state index in [1.54, 1.807) is 24.5 Å². The molecule has 0 atom stereocenters. The van der Waals surface area contributed by atoms with Crippen LogP contribution in [-0.2, 0) is 6.42 Å². The van der Waals surface area contributed by atoms with Crippen LogP contribution in [0.1, 0.15) is 5.82 Å². The zero-order chi connectivity index (χ0) is 14.7. The Morgan fingerprint density at radius 2 is 1.76 bits per heavy atom. The molecule has 0 amide bonds. The van der Waals surface area contributed by atoms with Crippen LogP contribution >= 0.6 is 0 Å². The van der Waals surface area contributed by atoms with E-state index < -0.39 is 0 Å². The molecule has 0 fully saturated rings. The average Bonchev–Trinajstić information content (AvgIpc) is 2.93. The molecule has 0 saturated heterocycles. The smallest absolute Gasteiger partial charge is 0.123 e. The number of hydrogen-bond donors (Lipinski definition) is 1. The lowest BCUT2D eigenvalue weighted by atomic mass is 10.1. The first-order chi connectivity index (χ1) is 10.3. The average molecular weight is 278 g/mol. The van der Waals surface area contributed by atoms with Gasteiger partial charge in [0.25, 0.3) is 0 Å². The second kappa shape index (κ2) is 5.55. The standard InChI is InChI=1S/C16H11FN4/c17-13-3-1-11(2-4-13)15-16(12-6-9-19-10-7-12)21-14(20-15)5-8-18/h1-4,6-7,9-10H,5H2,(H,20,21). The topological polar surface area (TPSA) is 65.4 Å². The largest absolute Gasteiger partial charge is 0.341 e. The molecule has 3 aromatic rings. The van der Waals surface area contributed by atoms with E-state index in [1.165, 1.54) is 12.1 Å². The number of halogens is 1. The van der Waals surface area contributed by atoms with Crippen LogP contribution in [0.3, 0.4) is 0 Å². The minimum Gasteiger partial charge on any atom is -0.341 e. The van der Waals surface area contributed by atoms with Gasteiger partial charge in [-0.2, -0.15) is 5.26 Å². The van der Waals surface area contributed by atoms with Gasteiger partial charge in [0, 0.05) is 23.5 Å². The summed E-state index contributed by atoms with van der Waals surface area (Å²) >= 11 is 0. The molecule has 4 nitrogen and oxygen atoms in total. The van der Waals surface area contributed by atoms with Gasteiger partial charge in [0.05, 0.1) is 23.9 Å². The number of rotatable bonds is 3. The second-order valence-electron chi connectivity index (χ2n) is 4.48. The van der Waals surface area contributed by atoms with E-state index in [1.807, 2.05) is 12.1 Å². The first-order valence-electron chi connectivity index (χ1n) is 6.40. The van der Waals surface area contributed by atoms with E-state index in [4.69, 9.17) is 5.26 Å². The van der Waals surface area contributed by atoms with Crippen molar-refractivity contribution in [1.29, 1.82) is 5.26 Å². The zero-order valence-corrected chi connectivity index (χ0v) is 11.0. The molecule has 0 bridgehead atoms. The van der Waals surface area contributed by atoms with Crippen molar-refractivity contribution in [3.8, 4) is 28.6 Å². The van der Waals surface area contributed by atoms with Crippen molar-refractivity contribution in [2.75, 3.05) is 0 Å². The monoisotopic (exact) mass is 278 g/mol. The van der Waals surface area contributed by atoms with Crippen LogP contribution in [-0.4, -0.2) is 15.0 Å². The predicted octanol–water partition coefficient (Wildman–Crippen LogP) is 3.34. The number of pyridine rings is 1. The fraction of sp³-hybridized carbons (Fsp3) is 0.0625. The summed E-state index contributed by atoms with van der Waals surface area (Å²) in [7, 11) is 0. The van der Waals surface area contributed by atoms with Crippen LogP contribution in [0.25, 0.3) is 22.5 Å². The van der Waals surface area contributed by atoms with Gasteiger partial charge in [-0.15, -0.1) is 0 Å². The van der Waals surface area contributed by atoms with Crippen LogP contribution in [0.15, 0.2) is 48.8 Å². The molecule has 0 spiro atoms. The van der Waals surface area contributed by atoms with Crippen molar-refractivity contribution in [1.82, 2.24) is 15.0 Å². The van der Waals surface area contributed by atoms with E-state index >= 15 is 0 Å². The van der Waals surface area contributed by atoms with E-state index in [0.29, 0.717) is 11.5 Å². The van der Waals surface area contributed by atoms with Crippen LogP contribution in [0.4, 0.5) is 4.39 Å². The molecule has 0 aliphatic carbocycles. The highest BCUT2D eigenvalue weighted by atomic mass is 19.1. The highest BCUT2D eigenvalue weighted by Crippen LogP contribution is 2.30. The minimum atomic E-state index is -0.294. The summed E-state index contributed by atoms with van der Waals surface area (Å²) in [6, 6.07) is 11.9. The molecule has 1 N–H and O–H groups in total. The molecule has 21 heavy (non-hydrogen) atoms. The molecule has 0 radical (unpaired) electrons. The Bertz CT molecular complexity index is 785. The zero-order valence-electron chi connectivity index (χ0n) is 11.0. The Kier molecular flexibility index (Phi) is 3.44. The van der Waals surface area contributed by atoms with Gasteiger partial charge in [-0.1, -0.05) is 0 Å². The molecule has 3 rings (SSSR count). The lowest BCUT2D eigenvalue weighted by molar-refractivity contribution is 0.628. The number of nitrogens with one attached hydrogen (secondary N) is 1. The highest BCUT2D eigenvalue weighted by Gasteiger charge is 2.14. The van der Waals surface area contributed by atoms with Gasteiger partial charge in [-0.3, -0.25) is 4.98 Å². The lowest BCUT2D eigenvalue weighted by Gasteiger charge is -2.02. The van der Waals surface area contributed by atoms with E-state index in [9.17, 15) is 4.39 Å². The van der Waals surface area contributed by atoms with Crippen LogP contribution in [0.5, 0.6) is 0 Å². The Hall–Kier alpha value is -3.00. The molecular formula is C16H11FN4. The molecule has 1 aromatic carbocycles. The first kappa shape index (κ1) is 13.0. The van der Waals surface area contributed by atoms with E-state index in [2.05, 4.69) is 21.0 Å². The molecule has 5 heteroatoms. The summed E-state index contributed by atoms with van der Waals surface area (Å²) in [5.41, 5.74) is 3.21. The molecule has 0 aliphatic heterocycles. The number of aromatic amines is 1. The van der Waals surface area contributed by atoms with Crippen LogP contribution in [0, 0.1) is 17.1 Å². The molecule has 2 heterocycles. The van der Waals surface area contributed by atoms with Gasteiger partial charge in [0.1, 0.15) is 11.6 Å². The number of H-pyrrole nitrogens is 1. The third kappa shape index (κ3) is 2.65. The van der Waals surface area contributed by atoms with Gasteiger partial charge < -0.3 is 4.98 Å². The van der Waals surface area contributed by atoms with Crippen molar-refractivity contribution in [2.45, 2.75) is 6.42 Å². The van der Waals surface area contributed by atoms with Crippen molar-refractivity contribution in [3.05, 3.63) is 60.4 Å². The molecule has 0 aliphatic rings. The Morgan fingerprint density at radius 1 is 1.05 bits per heavy atom. The number of nitriles is 1. The van der Waals surface area contributed by atoms with Gasteiger partial charge in [-0.25, -0.2) is 9.37 Å². The molecule has 0 saturated carbocycles. The van der Waals surface area contributed by atoms with Crippen LogP contribution < -0.4 is 0 Å². The van der Waals surface area contributed by atoms with Gasteiger partial charge >= 0.3 is 0 Å². The summed E-state index contributed by atoms with van der Waals surface area (Å²) in [5.74, 6) is 0.292. The number of hydrogen-bond acceptors (Lipinski definition) is 3.